The van der Waals surface area contributed by atoms with E-state index in [0.717, 1.165) is 12.8 Å². The monoisotopic (exact) mass is 751 g/mol. The van der Waals surface area contributed by atoms with Crippen LogP contribution in [0.4, 0.5) is 0 Å². The maximum absolute atomic E-state index is 11.6. The zero-order valence-corrected chi connectivity index (χ0v) is 34.3. The van der Waals surface area contributed by atoms with Gasteiger partial charge < -0.3 is 44.1 Å². The van der Waals surface area contributed by atoms with Gasteiger partial charge in [-0.2, -0.15) is 12.1 Å². The van der Waals surface area contributed by atoms with Crippen LogP contribution in [-0.4, -0.2) is 25.2 Å². The van der Waals surface area contributed by atoms with Gasteiger partial charge in [0.1, 0.15) is 0 Å². The molecule has 2 aromatic rings. The van der Waals surface area contributed by atoms with E-state index in [0.29, 0.717) is 24.3 Å². The van der Waals surface area contributed by atoms with E-state index in [4.69, 9.17) is 9.47 Å². The van der Waals surface area contributed by atoms with Gasteiger partial charge in [-0.05, 0) is 12.8 Å². The molecule has 0 radical (unpaired) electrons. The largest absolute Gasteiger partial charge is 0.680 e. The first-order chi connectivity index (χ1) is 24.7. The van der Waals surface area contributed by atoms with Crippen molar-refractivity contribution in [1.82, 2.24) is 0 Å². The molecule has 0 N–H and O–H groups in total. The van der Waals surface area contributed by atoms with Crippen molar-refractivity contribution in [2.75, 3.05) is 13.2 Å². The van der Waals surface area contributed by atoms with Gasteiger partial charge in [-0.1, -0.05) is 205 Å². The molecule has 0 aliphatic rings. The zero-order valence-electron chi connectivity index (χ0n) is 33.2. The number of carbonyl (C=O) groups excluding carboxylic acids is 2. The van der Waals surface area contributed by atoms with Crippen LogP contribution in [0.15, 0.2) is 48.5 Å². The Labute approximate surface area is 326 Å². The molecule has 5 heteroatoms. The summed E-state index contributed by atoms with van der Waals surface area (Å²) in [6.07, 6.45) is 40.6. The molecule has 2 aromatic carbocycles. The van der Waals surface area contributed by atoms with E-state index in [9.17, 15) is 9.59 Å². The van der Waals surface area contributed by atoms with E-state index in [-0.39, 0.29) is 29.0 Å². The van der Waals surface area contributed by atoms with Gasteiger partial charge in [-0.15, -0.1) is 0 Å². The molecule has 2 rings (SSSR count). The molecule has 0 atom stereocenters. The van der Waals surface area contributed by atoms with Crippen LogP contribution >= 0.6 is 0 Å². The van der Waals surface area contributed by atoms with Gasteiger partial charge in [0, 0.05) is 17.1 Å². The van der Waals surface area contributed by atoms with Gasteiger partial charge in [0.05, 0.1) is 13.2 Å². The molecule has 0 saturated heterocycles. The fourth-order valence-electron chi connectivity index (χ4n) is 6.46. The zero-order chi connectivity index (χ0) is 36.0. The molecule has 0 heterocycles. The standard InChI is InChI=1S/2C23H39O2.Fe/c2*1-2-3-4-5-6-7-8-9-10-11-12-13-14-15-18-21-25-23(24)22-19-16-17-20-22;/h2*16-17,19-20H,2-15,18,21H2,1H3;/q-5;-1;. The first-order valence-corrected chi connectivity index (χ1v) is 21.5. The number of rotatable bonds is 34. The molecule has 0 aromatic heterocycles. The van der Waals surface area contributed by atoms with E-state index in [1.54, 1.807) is 24.3 Å². The second kappa shape index (κ2) is 39.4. The molecule has 0 fully saturated rings. The van der Waals surface area contributed by atoms with Crippen LogP contribution in [0.2, 0.25) is 0 Å². The predicted octanol–water partition coefficient (Wildman–Crippen LogP) is 14.9. The van der Waals surface area contributed by atoms with Crippen molar-refractivity contribution >= 4 is 11.9 Å². The van der Waals surface area contributed by atoms with Crippen molar-refractivity contribution in [3.05, 3.63) is 59.7 Å². The van der Waals surface area contributed by atoms with Crippen molar-refractivity contribution < 1.29 is 36.1 Å². The normalized spacial score (nSPS) is 10.7. The fraction of sp³-hybridized carbons (Fsp3) is 0.739. The Morgan fingerprint density at radius 2 is 0.706 bits per heavy atom. The summed E-state index contributed by atoms with van der Waals surface area (Å²) < 4.78 is 10.5. The van der Waals surface area contributed by atoms with Crippen molar-refractivity contribution in [3.63, 3.8) is 0 Å². The number of carbonyl (C=O) groups is 2. The van der Waals surface area contributed by atoms with E-state index in [1.807, 2.05) is 24.3 Å². The van der Waals surface area contributed by atoms with Gasteiger partial charge in [0.15, 0.2) is 0 Å². The average Bonchev–Trinajstić information content (AvgIpc) is 3.88. The van der Waals surface area contributed by atoms with E-state index in [2.05, 4.69) is 13.8 Å². The average molecular weight is 751 g/mol. The van der Waals surface area contributed by atoms with Gasteiger partial charge in [-0.25, -0.2) is 12.1 Å². The Hall–Kier alpha value is -1.84. The Kier molecular flexibility index (Phi) is 37.9. The molecule has 0 spiro atoms. The summed E-state index contributed by atoms with van der Waals surface area (Å²) in [6.45, 7) is 5.67. The summed E-state index contributed by atoms with van der Waals surface area (Å²) in [5.41, 5.74) is 1.34. The van der Waals surface area contributed by atoms with Crippen LogP contribution in [0.5, 0.6) is 0 Å². The van der Waals surface area contributed by atoms with Crippen molar-refractivity contribution in [1.29, 1.82) is 0 Å². The Balaban J connectivity index is 0.000000962. The minimum atomic E-state index is -0.185. The summed E-state index contributed by atoms with van der Waals surface area (Å²) in [7, 11) is 0. The summed E-state index contributed by atoms with van der Waals surface area (Å²) >= 11 is 0. The summed E-state index contributed by atoms with van der Waals surface area (Å²) in [4.78, 5) is 23.3. The first kappa shape index (κ1) is 49.2. The Morgan fingerprint density at radius 3 is 1.02 bits per heavy atom. The van der Waals surface area contributed by atoms with Gasteiger partial charge in [-0.3, -0.25) is 4.79 Å². The van der Waals surface area contributed by atoms with Crippen molar-refractivity contribution in [3.8, 4) is 0 Å². The summed E-state index contributed by atoms with van der Waals surface area (Å²) in [5, 5.41) is 0. The SMILES string of the molecule is CCCCCCCCCCCCCCCCCOC(=O)[c-]1[cH-][cH-][cH-][cH-]1.CCCCCCCCCCCCCCCCCOC(=O)[c-]1cccc1.[Fe]. The van der Waals surface area contributed by atoms with Crippen LogP contribution < -0.4 is 0 Å². The quantitative estimate of drug-likeness (QED) is 0.0309. The smallest absolute Gasteiger partial charge is 0.281 e. The van der Waals surface area contributed by atoms with Gasteiger partial charge >= 0.3 is 0 Å². The molecule has 4 nitrogen and oxygen atoms in total. The number of unbranched alkanes of at least 4 members (excludes halogenated alkanes) is 28. The molecule has 51 heavy (non-hydrogen) atoms. The van der Waals surface area contributed by atoms with E-state index < -0.39 is 0 Å². The Morgan fingerprint density at radius 1 is 0.431 bits per heavy atom. The van der Waals surface area contributed by atoms with Crippen LogP contribution in [0, 0.1) is 0 Å². The third-order valence-electron chi connectivity index (χ3n) is 9.76. The third-order valence-corrected chi connectivity index (χ3v) is 9.76. The molecular formula is C46H78FeO4-6. The second-order valence-corrected chi connectivity index (χ2v) is 14.5. The first-order valence-electron chi connectivity index (χ1n) is 21.5. The summed E-state index contributed by atoms with van der Waals surface area (Å²) in [5.74, 6) is -0.370. The minimum Gasteiger partial charge on any atom is -0.680 e. The van der Waals surface area contributed by atoms with Gasteiger partial charge in [0.2, 0.25) is 0 Å². The van der Waals surface area contributed by atoms with Crippen LogP contribution in [0.3, 0.4) is 0 Å². The summed E-state index contributed by atoms with van der Waals surface area (Å²) in [6, 6.07) is 14.7. The predicted molar refractivity (Wildman–Crippen MR) is 214 cm³/mol. The maximum Gasteiger partial charge on any atom is 0.281 e. The topological polar surface area (TPSA) is 52.6 Å². The van der Waals surface area contributed by atoms with E-state index >= 15 is 0 Å². The molecule has 0 amide bonds. The van der Waals surface area contributed by atoms with Crippen LogP contribution in [0.1, 0.15) is 227 Å². The molecule has 300 valence electrons. The van der Waals surface area contributed by atoms with Crippen LogP contribution in [0.25, 0.3) is 0 Å². The second-order valence-electron chi connectivity index (χ2n) is 14.5. The fourth-order valence-corrected chi connectivity index (χ4v) is 6.46. The molecular weight excluding hydrogens is 672 g/mol. The maximum atomic E-state index is 11.6. The Bertz CT molecular complexity index is 874. The molecule has 0 saturated carbocycles. The van der Waals surface area contributed by atoms with Gasteiger partial charge in [0.25, 0.3) is 5.97 Å². The van der Waals surface area contributed by atoms with Crippen molar-refractivity contribution in [2.24, 2.45) is 0 Å². The molecule has 0 aliphatic heterocycles. The number of ether oxygens (including phenoxy) is 2. The van der Waals surface area contributed by atoms with Crippen molar-refractivity contribution in [2.45, 2.75) is 206 Å². The number of esters is 2. The molecule has 0 bridgehead atoms. The molecule has 0 aliphatic carbocycles. The van der Waals surface area contributed by atoms with Crippen LogP contribution in [-0.2, 0) is 26.5 Å². The number of hydrogen-bond donors (Lipinski definition) is 0. The number of hydrogen-bond acceptors (Lipinski definition) is 4. The molecule has 0 unspecified atom stereocenters. The third kappa shape index (κ3) is 32.5. The van der Waals surface area contributed by atoms with E-state index in [1.165, 1.54) is 180 Å². The minimum absolute atomic E-state index is 0.